The molecule has 0 heterocycles. The summed E-state index contributed by atoms with van der Waals surface area (Å²) in [7, 11) is 0. The minimum Gasteiger partial charge on any atom is -0.444 e. The first-order valence-corrected chi connectivity index (χ1v) is 6.69. The molecule has 0 aromatic heterocycles. The number of hydrogen-bond donors (Lipinski definition) is 2. The first kappa shape index (κ1) is 16.8. The summed E-state index contributed by atoms with van der Waals surface area (Å²) in [5.74, 6) is 0. The Bertz CT molecular complexity index is 672. The maximum absolute atomic E-state index is 12.9. The molecule has 122 valence electrons. The first-order chi connectivity index (χ1) is 10.9. The Morgan fingerprint density at radius 1 is 1.09 bits per heavy atom. The van der Waals surface area contributed by atoms with Crippen LogP contribution in [0.25, 0.3) is 0 Å². The third kappa shape index (κ3) is 4.72. The third-order valence-corrected chi connectivity index (χ3v) is 3.02. The molecule has 23 heavy (non-hydrogen) atoms. The number of aliphatic hydroxyl groups is 1. The van der Waals surface area contributed by atoms with Gasteiger partial charge in [-0.25, -0.2) is 4.79 Å². The van der Waals surface area contributed by atoms with Gasteiger partial charge in [0.1, 0.15) is 6.61 Å². The summed E-state index contributed by atoms with van der Waals surface area (Å²) in [6.07, 6.45) is -5.63. The van der Waals surface area contributed by atoms with Crippen LogP contribution in [0.5, 0.6) is 0 Å². The molecule has 4 nitrogen and oxygen atoms in total. The molecule has 0 fully saturated rings. The molecule has 0 aliphatic carbocycles. The molecule has 2 rings (SSSR count). The van der Waals surface area contributed by atoms with E-state index in [1.54, 1.807) is 30.3 Å². The summed E-state index contributed by atoms with van der Waals surface area (Å²) >= 11 is 0. The average molecular weight is 325 g/mol. The lowest BCUT2D eigenvalue weighted by Crippen LogP contribution is -2.18. The summed E-state index contributed by atoms with van der Waals surface area (Å²) < 4.78 is 43.7. The zero-order valence-corrected chi connectivity index (χ0v) is 11.9. The van der Waals surface area contributed by atoms with Crippen molar-refractivity contribution in [3.05, 3.63) is 65.2 Å². The fraction of sp³-hybridized carbons (Fsp3) is 0.188. The molecule has 0 radical (unpaired) electrons. The van der Waals surface area contributed by atoms with Crippen LogP contribution in [0.1, 0.15) is 16.7 Å². The number of carbonyl (C=O) groups is 1. The van der Waals surface area contributed by atoms with Gasteiger partial charge in [0.2, 0.25) is 0 Å². The highest BCUT2D eigenvalue weighted by atomic mass is 19.4. The Morgan fingerprint density at radius 2 is 1.78 bits per heavy atom. The van der Waals surface area contributed by atoms with E-state index in [1.165, 1.54) is 0 Å². The molecule has 2 aromatic rings. The monoisotopic (exact) mass is 325 g/mol. The zero-order chi connectivity index (χ0) is 16.9. The number of amides is 1. The molecule has 7 heteroatoms. The zero-order valence-electron chi connectivity index (χ0n) is 11.9. The molecule has 0 unspecified atom stereocenters. The Labute approximate surface area is 130 Å². The van der Waals surface area contributed by atoms with Crippen LogP contribution in [0.2, 0.25) is 0 Å². The lowest BCUT2D eigenvalue weighted by atomic mass is 10.1. The van der Waals surface area contributed by atoms with Gasteiger partial charge in [0.05, 0.1) is 17.9 Å². The van der Waals surface area contributed by atoms with Gasteiger partial charge in [0, 0.05) is 0 Å². The Hall–Kier alpha value is -2.54. The van der Waals surface area contributed by atoms with E-state index in [0.29, 0.717) is 5.56 Å². The highest BCUT2D eigenvalue weighted by Gasteiger charge is 2.34. The molecule has 0 aliphatic rings. The number of anilines is 1. The van der Waals surface area contributed by atoms with E-state index < -0.39 is 30.1 Å². The number of halogens is 3. The maximum Gasteiger partial charge on any atom is 0.418 e. The van der Waals surface area contributed by atoms with Crippen molar-refractivity contribution in [3.8, 4) is 0 Å². The average Bonchev–Trinajstić information content (AvgIpc) is 2.52. The van der Waals surface area contributed by atoms with E-state index in [-0.39, 0.29) is 12.2 Å². The van der Waals surface area contributed by atoms with E-state index in [2.05, 4.69) is 5.32 Å². The highest BCUT2D eigenvalue weighted by molar-refractivity contribution is 5.86. The van der Waals surface area contributed by atoms with Crippen molar-refractivity contribution in [2.45, 2.75) is 19.4 Å². The summed E-state index contributed by atoms with van der Waals surface area (Å²) in [6.45, 7) is -0.500. The van der Waals surface area contributed by atoms with Crippen molar-refractivity contribution in [2.24, 2.45) is 0 Å². The van der Waals surface area contributed by atoms with Crippen LogP contribution >= 0.6 is 0 Å². The fourth-order valence-electron chi connectivity index (χ4n) is 1.91. The van der Waals surface area contributed by atoms with Crippen LogP contribution < -0.4 is 5.32 Å². The molecule has 0 saturated carbocycles. The third-order valence-electron chi connectivity index (χ3n) is 3.02. The van der Waals surface area contributed by atoms with Crippen molar-refractivity contribution in [3.63, 3.8) is 0 Å². The number of ether oxygens (including phenoxy) is 1. The predicted octanol–water partition coefficient (Wildman–Crippen LogP) is 3.95. The van der Waals surface area contributed by atoms with Gasteiger partial charge in [0.25, 0.3) is 0 Å². The number of hydrogen-bond acceptors (Lipinski definition) is 3. The first-order valence-electron chi connectivity index (χ1n) is 6.69. The lowest BCUT2D eigenvalue weighted by molar-refractivity contribution is -0.136. The maximum atomic E-state index is 12.9. The van der Waals surface area contributed by atoms with E-state index in [1.807, 2.05) is 0 Å². The second-order valence-corrected chi connectivity index (χ2v) is 4.72. The molecule has 0 spiro atoms. The quantitative estimate of drug-likeness (QED) is 0.895. The Morgan fingerprint density at radius 3 is 2.39 bits per heavy atom. The van der Waals surface area contributed by atoms with Gasteiger partial charge in [-0.05, 0) is 23.3 Å². The van der Waals surface area contributed by atoms with Crippen LogP contribution in [0, 0.1) is 0 Å². The smallest absolute Gasteiger partial charge is 0.418 e. The van der Waals surface area contributed by atoms with Crippen LogP contribution in [0.3, 0.4) is 0 Å². The van der Waals surface area contributed by atoms with Crippen molar-refractivity contribution >= 4 is 11.8 Å². The Kier molecular flexibility index (Phi) is 5.23. The number of carbonyl (C=O) groups excluding carboxylic acids is 1. The van der Waals surface area contributed by atoms with Gasteiger partial charge in [-0.3, -0.25) is 5.32 Å². The Balaban J connectivity index is 2.10. The van der Waals surface area contributed by atoms with Gasteiger partial charge in [-0.2, -0.15) is 13.2 Å². The lowest BCUT2D eigenvalue weighted by Gasteiger charge is -2.15. The number of rotatable bonds is 4. The van der Waals surface area contributed by atoms with Gasteiger partial charge >= 0.3 is 12.3 Å². The summed E-state index contributed by atoms with van der Waals surface area (Å²) in [5, 5.41) is 11.1. The summed E-state index contributed by atoms with van der Waals surface area (Å²) in [5.41, 5.74) is -0.507. The van der Waals surface area contributed by atoms with Crippen molar-refractivity contribution in [1.29, 1.82) is 0 Å². The van der Waals surface area contributed by atoms with Crippen molar-refractivity contribution < 1.29 is 27.8 Å². The summed E-state index contributed by atoms with van der Waals surface area (Å²) in [4.78, 5) is 11.7. The molecule has 2 aromatic carbocycles. The molecule has 1 amide bonds. The van der Waals surface area contributed by atoms with Gasteiger partial charge in [-0.1, -0.05) is 36.4 Å². The molecule has 0 atom stereocenters. The molecule has 2 N–H and O–H groups in total. The van der Waals surface area contributed by atoms with Gasteiger partial charge in [-0.15, -0.1) is 0 Å². The van der Waals surface area contributed by atoms with E-state index in [4.69, 9.17) is 9.84 Å². The summed E-state index contributed by atoms with van der Waals surface area (Å²) in [6, 6.07) is 11.8. The van der Waals surface area contributed by atoms with E-state index in [9.17, 15) is 18.0 Å². The largest absolute Gasteiger partial charge is 0.444 e. The van der Waals surface area contributed by atoms with Crippen LogP contribution in [0.15, 0.2) is 48.5 Å². The number of benzene rings is 2. The van der Waals surface area contributed by atoms with Crippen LogP contribution in [-0.4, -0.2) is 11.2 Å². The van der Waals surface area contributed by atoms with Crippen LogP contribution in [-0.2, 0) is 24.1 Å². The predicted molar refractivity (Wildman–Crippen MR) is 77.6 cm³/mol. The highest BCUT2D eigenvalue weighted by Crippen LogP contribution is 2.35. The van der Waals surface area contributed by atoms with Crippen molar-refractivity contribution in [1.82, 2.24) is 0 Å². The van der Waals surface area contributed by atoms with Gasteiger partial charge < -0.3 is 9.84 Å². The normalized spacial score (nSPS) is 11.1. The standard InChI is InChI=1S/C16H14F3NO3/c17-16(18,19)13-7-6-12(9-21)8-14(13)20-15(22)23-10-11-4-2-1-3-5-11/h1-8,21H,9-10H2,(H,20,22). The SMILES string of the molecule is O=C(Nc1cc(CO)ccc1C(F)(F)F)OCc1ccccc1. The second kappa shape index (κ2) is 7.15. The second-order valence-electron chi connectivity index (χ2n) is 4.72. The topological polar surface area (TPSA) is 58.6 Å². The van der Waals surface area contributed by atoms with E-state index in [0.717, 1.165) is 18.2 Å². The van der Waals surface area contributed by atoms with Gasteiger partial charge in [0.15, 0.2) is 0 Å². The van der Waals surface area contributed by atoms with Crippen molar-refractivity contribution in [2.75, 3.05) is 5.32 Å². The molecular weight excluding hydrogens is 311 g/mol. The molecule has 0 aliphatic heterocycles. The van der Waals surface area contributed by atoms with E-state index >= 15 is 0 Å². The molecule has 0 saturated heterocycles. The number of aliphatic hydroxyl groups excluding tert-OH is 1. The fourth-order valence-corrected chi connectivity index (χ4v) is 1.91. The number of alkyl halides is 3. The molecular formula is C16H14F3NO3. The van der Waals surface area contributed by atoms with Crippen LogP contribution in [0.4, 0.5) is 23.7 Å². The minimum atomic E-state index is -4.63. The number of nitrogens with one attached hydrogen (secondary N) is 1. The minimum absolute atomic E-state index is 0.0618. The molecule has 0 bridgehead atoms.